The fraction of sp³-hybridized carbons (Fsp3) is 0.333. The third-order valence-electron chi connectivity index (χ3n) is 0.818. The highest BCUT2D eigenvalue weighted by Gasteiger charge is 2.36. The largest absolute Gasteiger partial charge is 0.320 e. The third-order valence-corrected chi connectivity index (χ3v) is 2.16. The second-order valence-electron chi connectivity index (χ2n) is 1.35. The Labute approximate surface area is 60.8 Å². The van der Waals surface area contributed by atoms with E-state index in [-0.39, 0.29) is 11.7 Å². The van der Waals surface area contributed by atoms with Crippen molar-refractivity contribution in [2.24, 2.45) is 0 Å². The number of rotatable bonds is 0. The highest BCUT2D eigenvalue weighted by Crippen LogP contribution is 2.18. The summed E-state index contributed by atoms with van der Waals surface area (Å²) in [5.41, 5.74) is 0. The van der Waals surface area contributed by atoms with Crippen LogP contribution in [0.25, 0.3) is 5.08 Å². The van der Waals surface area contributed by atoms with Crippen molar-refractivity contribution in [2.45, 2.75) is 0 Å². The molecule has 0 unspecified atom stereocenters. The van der Waals surface area contributed by atoms with Crippen LogP contribution in [0.3, 0.4) is 0 Å². The van der Waals surface area contributed by atoms with Crippen molar-refractivity contribution in [3.63, 3.8) is 0 Å². The van der Waals surface area contributed by atoms with Gasteiger partial charge in [0, 0.05) is 0 Å². The number of nitrogens with zero attached hydrogens (tertiary/aromatic N) is 3. The van der Waals surface area contributed by atoms with Gasteiger partial charge in [-0.25, -0.2) is 0 Å². The van der Waals surface area contributed by atoms with Gasteiger partial charge in [0.25, 0.3) is 5.39 Å². The van der Waals surface area contributed by atoms with Crippen LogP contribution in [0.1, 0.15) is 0 Å². The first-order valence-electron chi connectivity index (χ1n) is 2.10. The van der Waals surface area contributed by atoms with E-state index in [1.54, 1.807) is 0 Å². The van der Waals surface area contributed by atoms with Crippen LogP contribution in [0, 0.1) is 5.39 Å². The number of hydrogen-bond donors (Lipinski definition) is 0. The van der Waals surface area contributed by atoms with Crippen molar-refractivity contribution < 1.29 is 4.79 Å². The first-order chi connectivity index (χ1) is 4.25. The molecule has 0 spiro atoms. The van der Waals surface area contributed by atoms with E-state index in [0.29, 0.717) is 4.32 Å². The molecule has 0 aromatic rings. The Kier molecular flexibility index (Phi) is 1.64. The van der Waals surface area contributed by atoms with E-state index in [0.717, 1.165) is 5.01 Å². The number of hydrogen-bond acceptors (Lipinski definition) is 4. The van der Waals surface area contributed by atoms with Gasteiger partial charge in [0.1, 0.15) is 0 Å². The number of carbonyl (C=O) groups is 1. The molecule has 4 nitrogen and oxygen atoms in total. The van der Waals surface area contributed by atoms with Crippen LogP contribution in [-0.2, 0) is 4.79 Å². The molecule has 0 bridgehead atoms. The van der Waals surface area contributed by atoms with Crippen LogP contribution >= 0.6 is 24.0 Å². The molecule has 1 aliphatic rings. The molecule has 0 aromatic carbocycles. The molecule has 1 heterocycles. The van der Waals surface area contributed by atoms with Crippen LogP contribution in [0.4, 0.5) is 0 Å². The van der Waals surface area contributed by atoms with Crippen LogP contribution in [-0.4, -0.2) is 21.0 Å². The zero-order valence-corrected chi connectivity index (χ0v) is 5.91. The van der Waals surface area contributed by atoms with Gasteiger partial charge in [-0.1, -0.05) is 11.8 Å². The van der Waals surface area contributed by atoms with E-state index in [4.69, 9.17) is 5.39 Å². The second kappa shape index (κ2) is 2.29. The van der Waals surface area contributed by atoms with Crippen LogP contribution in [0.15, 0.2) is 0 Å². The van der Waals surface area contributed by atoms with Crippen LogP contribution in [0.5, 0.6) is 0 Å². The zero-order chi connectivity index (χ0) is 6.85. The maximum absolute atomic E-state index is 10.6. The summed E-state index contributed by atoms with van der Waals surface area (Å²) in [7, 11) is 0. The predicted octanol–water partition coefficient (Wildman–Crippen LogP) is 0.615. The lowest BCUT2D eigenvalue weighted by atomic mass is 10.7. The topological polar surface area (TPSA) is 48.5 Å². The molecule has 0 aliphatic carbocycles. The molecule has 1 saturated heterocycles. The summed E-state index contributed by atoms with van der Waals surface area (Å²) in [4.78, 5) is 10.6. The lowest BCUT2D eigenvalue weighted by Crippen LogP contribution is -2.19. The summed E-state index contributed by atoms with van der Waals surface area (Å²) in [6.45, 7) is 0. The molecule has 1 amide bonds. The number of carbonyl (C=O) groups excluding carboxylic acids is 1. The van der Waals surface area contributed by atoms with E-state index in [9.17, 15) is 4.79 Å². The van der Waals surface area contributed by atoms with Gasteiger partial charge in [0.15, 0.2) is 0 Å². The Balaban J connectivity index is 2.81. The predicted molar refractivity (Wildman–Crippen MR) is 37.0 cm³/mol. The summed E-state index contributed by atoms with van der Waals surface area (Å²) in [5, 5.41) is 11.6. The van der Waals surface area contributed by atoms with E-state index in [1.165, 1.54) is 11.8 Å². The molecule has 0 radical (unpaired) electrons. The average molecular weight is 160 g/mol. The molecule has 1 rings (SSSR count). The molecule has 46 valence electrons. The lowest BCUT2D eigenvalue weighted by molar-refractivity contribution is -0.122. The Bertz CT molecular complexity index is 192. The van der Waals surface area contributed by atoms with Gasteiger partial charge in [0.05, 0.1) is 10.8 Å². The Morgan fingerprint density at radius 1 is 1.89 bits per heavy atom. The number of thiocarbonyl (C=S) groups is 1. The highest BCUT2D eigenvalue weighted by molar-refractivity contribution is 8.23. The summed E-state index contributed by atoms with van der Waals surface area (Å²) in [5.74, 6) is 0.00981. The standard InChI is InChI=1S/C3H2N3OS2/c4-5-6-2(7)1-9-3(6)8/h1H2/q+1. The van der Waals surface area contributed by atoms with Gasteiger partial charge in [-0.05, 0) is 12.2 Å². The molecule has 0 atom stereocenters. The van der Waals surface area contributed by atoms with Gasteiger partial charge in [0.2, 0.25) is 4.32 Å². The molecule has 6 heteroatoms. The normalized spacial score (nSPS) is 18.3. The Morgan fingerprint density at radius 3 is 2.78 bits per heavy atom. The van der Waals surface area contributed by atoms with Crippen molar-refractivity contribution in [3.05, 3.63) is 5.08 Å². The molecule has 0 N–H and O–H groups in total. The van der Waals surface area contributed by atoms with Gasteiger partial charge in [-0.15, -0.1) is 0 Å². The average Bonchev–Trinajstić information content (AvgIpc) is 2.12. The lowest BCUT2D eigenvalue weighted by Gasteiger charge is -1.82. The number of amides is 1. The van der Waals surface area contributed by atoms with E-state index >= 15 is 0 Å². The number of diazo groups is 1. The van der Waals surface area contributed by atoms with Gasteiger partial charge < -0.3 is 0 Å². The molecule has 1 fully saturated rings. The molecule has 9 heavy (non-hydrogen) atoms. The fourth-order valence-corrected chi connectivity index (χ4v) is 1.38. The van der Waals surface area contributed by atoms with Crippen LogP contribution in [0.2, 0.25) is 0 Å². The number of thioether (sulfide) groups is 1. The van der Waals surface area contributed by atoms with Gasteiger partial charge in [-0.3, -0.25) is 4.79 Å². The highest BCUT2D eigenvalue weighted by atomic mass is 32.2. The van der Waals surface area contributed by atoms with E-state index < -0.39 is 0 Å². The fourth-order valence-electron chi connectivity index (χ4n) is 0.434. The van der Waals surface area contributed by atoms with Crippen molar-refractivity contribution in [2.75, 3.05) is 5.75 Å². The quantitative estimate of drug-likeness (QED) is 0.385. The Hall–Kier alpha value is -0.670. The zero-order valence-electron chi connectivity index (χ0n) is 4.27. The molecule has 1 aliphatic heterocycles. The molecule has 0 saturated carbocycles. The van der Waals surface area contributed by atoms with E-state index in [2.05, 4.69) is 17.3 Å². The monoisotopic (exact) mass is 160 g/mol. The smallest absolute Gasteiger partial charge is 0.266 e. The molecular weight excluding hydrogens is 158 g/mol. The summed E-state index contributed by atoms with van der Waals surface area (Å²) < 4.78 is 0.308. The first kappa shape index (κ1) is 6.45. The van der Waals surface area contributed by atoms with Crippen molar-refractivity contribution >= 4 is 34.2 Å². The summed E-state index contributed by atoms with van der Waals surface area (Å²) in [6.07, 6.45) is 0. The van der Waals surface area contributed by atoms with Crippen molar-refractivity contribution in [3.8, 4) is 0 Å². The summed E-state index contributed by atoms with van der Waals surface area (Å²) >= 11 is 5.82. The minimum Gasteiger partial charge on any atom is -0.266 e. The Morgan fingerprint density at radius 2 is 2.56 bits per heavy atom. The summed E-state index contributed by atoms with van der Waals surface area (Å²) in [6, 6.07) is 0. The molecular formula is C3H2N3OS2+. The van der Waals surface area contributed by atoms with Crippen molar-refractivity contribution in [1.29, 1.82) is 5.39 Å². The second-order valence-corrected chi connectivity index (χ2v) is 2.96. The maximum atomic E-state index is 10.6. The third kappa shape index (κ3) is 1.01. The van der Waals surface area contributed by atoms with Crippen LogP contribution < -0.4 is 0 Å². The SMILES string of the molecule is N#[N+]N1C(=O)CSC1=S. The minimum absolute atomic E-state index is 0.271. The van der Waals surface area contributed by atoms with Crippen molar-refractivity contribution in [1.82, 2.24) is 5.01 Å². The molecule has 0 aromatic heterocycles. The maximum Gasteiger partial charge on any atom is 0.320 e. The first-order valence-corrected chi connectivity index (χ1v) is 3.50. The van der Waals surface area contributed by atoms with E-state index in [1.807, 2.05) is 0 Å². The van der Waals surface area contributed by atoms with Gasteiger partial charge >= 0.3 is 11.0 Å². The minimum atomic E-state index is -0.271. The van der Waals surface area contributed by atoms with Gasteiger partial charge in [-0.2, -0.15) is 0 Å².